The van der Waals surface area contributed by atoms with Crippen LogP contribution in [0.2, 0.25) is 0 Å². The average Bonchev–Trinajstić information content (AvgIpc) is 2.76. The van der Waals surface area contributed by atoms with E-state index in [0.29, 0.717) is 36.8 Å². The third-order valence-corrected chi connectivity index (χ3v) is 4.69. The lowest BCUT2D eigenvalue weighted by Crippen LogP contribution is -2.21. The average molecular weight is 429 g/mol. The molecule has 30 heavy (non-hydrogen) atoms. The van der Waals surface area contributed by atoms with Crippen LogP contribution in [0, 0.1) is 11.3 Å². The summed E-state index contributed by atoms with van der Waals surface area (Å²) in [6.45, 7) is 2.39. The zero-order chi connectivity index (χ0) is 21.6. The van der Waals surface area contributed by atoms with Crippen molar-refractivity contribution in [3.8, 4) is 17.6 Å². The number of nitrogens with one attached hydrogen (secondary N) is 1. The molecule has 0 saturated carbocycles. The standard InChI is InChI=1S/C22H24N2O5S/c1-2-27-18-9-4-5-10-19(18)28-14-7-12-22(26)29-16-21(25)24-17-8-3-6-11-20(17)30-15-13-23/h3-6,8-11H,2,7,12,14-16H2,1H3,(H,24,25). The van der Waals surface area contributed by atoms with Crippen LogP contribution in [0.15, 0.2) is 53.4 Å². The Kier molecular flexibility index (Phi) is 10.1. The summed E-state index contributed by atoms with van der Waals surface area (Å²) in [5.41, 5.74) is 0.583. The molecule has 0 spiro atoms. The van der Waals surface area contributed by atoms with Gasteiger partial charge in [-0.15, -0.1) is 11.8 Å². The Bertz CT molecular complexity index is 882. The quantitative estimate of drug-likeness (QED) is 0.309. The molecule has 0 saturated heterocycles. The fourth-order valence-corrected chi connectivity index (χ4v) is 3.12. The van der Waals surface area contributed by atoms with Gasteiger partial charge >= 0.3 is 5.97 Å². The van der Waals surface area contributed by atoms with Crippen molar-refractivity contribution < 1.29 is 23.8 Å². The van der Waals surface area contributed by atoms with E-state index in [1.54, 1.807) is 18.2 Å². The molecule has 2 aromatic carbocycles. The Morgan fingerprint density at radius 3 is 2.50 bits per heavy atom. The van der Waals surface area contributed by atoms with E-state index in [1.165, 1.54) is 11.8 Å². The van der Waals surface area contributed by atoms with E-state index in [9.17, 15) is 9.59 Å². The monoisotopic (exact) mass is 428 g/mol. The van der Waals surface area contributed by atoms with Gasteiger partial charge < -0.3 is 19.5 Å². The van der Waals surface area contributed by atoms with Crippen molar-refractivity contribution in [2.75, 3.05) is 30.9 Å². The summed E-state index contributed by atoms with van der Waals surface area (Å²) in [6.07, 6.45) is 0.591. The highest BCUT2D eigenvalue weighted by Crippen LogP contribution is 2.27. The van der Waals surface area contributed by atoms with Gasteiger partial charge in [-0.05, 0) is 37.6 Å². The first-order valence-corrected chi connectivity index (χ1v) is 10.5. The lowest BCUT2D eigenvalue weighted by atomic mass is 10.3. The predicted octanol–water partition coefficient (Wildman–Crippen LogP) is 4.04. The van der Waals surface area contributed by atoms with Crippen LogP contribution in [0.25, 0.3) is 0 Å². The zero-order valence-corrected chi connectivity index (χ0v) is 17.6. The maximum atomic E-state index is 12.1. The molecule has 0 unspecified atom stereocenters. The lowest BCUT2D eigenvalue weighted by Gasteiger charge is -2.11. The largest absolute Gasteiger partial charge is 0.490 e. The molecule has 0 heterocycles. The fraction of sp³-hybridized carbons (Fsp3) is 0.318. The minimum Gasteiger partial charge on any atom is -0.490 e. The molecule has 0 fully saturated rings. The maximum absolute atomic E-state index is 12.1. The maximum Gasteiger partial charge on any atom is 0.306 e. The van der Waals surface area contributed by atoms with Crippen LogP contribution in [0.1, 0.15) is 19.8 Å². The van der Waals surface area contributed by atoms with Gasteiger partial charge in [-0.25, -0.2) is 0 Å². The van der Waals surface area contributed by atoms with Crippen LogP contribution in [0.5, 0.6) is 11.5 Å². The van der Waals surface area contributed by atoms with Gasteiger partial charge in [-0.2, -0.15) is 5.26 Å². The van der Waals surface area contributed by atoms with Crippen LogP contribution >= 0.6 is 11.8 Å². The van der Waals surface area contributed by atoms with E-state index in [0.717, 1.165) is 4.90 Å². The predicted molar refractivity (Wildman–Crippen MR) is 115 cm³/mol. The van der Waals surface area contributed by atoms with Gasteiger partial charge in [0.1, 0.15) is 0 Å². The van der Waals surface area contributed by atoms with Crippen LogP contribution in [0.3, 0.4) is 0 Å². The van der Waals surface area contributed by atoms with E-state index in [-0.39, 0.29) is 18.8 Å². The van der Waals surface area contributed by atoms with Gasteiger partial charge in [-0.3, -0.25) is 9.59 Å². The number of nitriles is 1. The zero-order valence-electron chi connectivity index (χ0n) is 16.8. The smallest absolute Gasteiger partial charge is 0.306 e. The van der Waals surface area contributed by atoms with E-state index in [2.05, 4.69) is 5.32 Å². The number of esters is 1. The lowest BCUT2D eigenvalue weighted by molar-refractivity contribution is -0.147. The molecule has 1 N–H and O–H groups in total. The SMILES string of the molecule is CCOc1ccccc1OCCCC(=O)OCC(=O)Nc1ccccc1SCC#N. The molecule has 0 aromatic heterocycles. The van der Waals surface area contributed by atoms with E-state index in [4.69, 9.17) is 19.5 Å². The van der Waals surface area contributed by atoms with Gasteiger partial charge in [0.2, 0.25) is 0 Å². The molecule has 2 rings (SSSR count). The normalized spacial score (nSPS) is 10.0. The van der Waals surface area contributed by atoms with Gasteiger partial charge in [0.15, 0.2) is 18.1 Å². The molecule has 0 aliphatic carbocycles. The molecule has 1 amide bonds. The Labute approximate surface area is 180 Å². The summed E-state index contributed by atoms with van der Waals surface area (Å²) >= 11 is 1.32. The number of para-hydroxylation sites is 3. The van der Waals surface area contributed by atoms with Crippen LogP contribution in [-0.4, -0.2) is 37.4 Å². The van der Waals surface area contributed by atoms with Crippen molar-refractivity contribution >= 4 is 29.3 Å². The van der Waals surface area contributed by atoms with Crippen molar-refractivity contribution in [1.82, 2.24) is 0 Å². The molecule has 0 atom stereocenters. The van der Waals surface area contributed by atoms with Gasteiger partial charge in [0, 0.05) is 11.3 Å². The van der Waals surface area contributed by atoms with Crippen molar-refractivity contribution in [3.05, 3.63) is 48.5 Å². The number of carbonyl (C=O) groups excluding carboxylic acids is 2. The third kappa shape index (κ3) is 8.05. The number of nitrogens with zero attached hydrogens (tertiary/aromatic N) is 1. The molecule has 2 aromatic rings. The molecule has 8 heteroatoms. The molecule has 0 radical (unpaired) electrons. The molecule has 158 valence electrons. The van der Waals surface area contributed by atoms with Crippen LogP contribution in [-0.2, 0) is 14.3 Å². The van der Waals surface area contributed by atoms with Gasteiger partial charge in [0.05, 0.1) is 30.7 Å². The Morgan fingerprint density at radius 2 is 1.77 bits per heavy atom. The summed E-state index contributed by atoms with van der Waals surface area (Å²) in [5, 5.41) is 11.4. The topological polar surface area (TPSA) is 97.7 Å². The molecule has 0 aliphatic heterocycles. The van der Waals surface area contributed by atoms with Crippen LogP contribution in [0.4, 0.5) is 5.69 Å². The summed E-state index contributed by atoms with van der Waals surface area (Å²) in [5.74, 6) is 0.653. The molecule has 0 bridgehead atoms. The third-order valence-electron chi connectivity index (χ3n) is 3.75. The van der Waals surface area contributed by atoms with E-state index < -0.39 is 11.9 Å². The van der Waals surface area contributed by atoms with Gasteiger partial charge in [0.25, 0.3) is 5.91 Å². The highest BCUT2D eigenvalue weighted by Gasteiger charge is 2.11. The van der Waals surface area contributed by atoms with Crippen molar-refractivity contribution in [3.63, 3.8) is 0 Å². The number of hydrogen-bond acceptors (Lipinski definition) is 7. The summed E-state index contributed by atoms with van der Waals surface area (Å²) < 4.78 is 16.2. The Balaban J connectivity index is 1.69. The van der Waals surface area contributed by atoms with Gasteiger partial charge in [-0.1, -0.05) is 24.3 Å². The first kappa shape index (κ1) is 23.1. The Hall–Kier alpha value is -3.18. The second-order valence-electron chi connectivity index (χ2n) is 5.98. The number of hydrogen-bond donors (Lipinski definition) is 1. The number of thioether (sulfide) groups is 1. The fourth-order valence-electron chi connectivity index (χ4n) is 2.45. The Morgan fingerprint density at radius 1 is 1.07 bits per heavy atom. The van der Waals surface area contributed by atoms with Crippen molar-refractivity contribution in [2.24, 2.45) is 0 Å². The molecule has 0 aliphatic rings. The number of amides is 1. The highest BCUT2D eigenvalue weighted by molar-refractivity contribution is 7.99. The van der Waals surface area contributed by atoms with E-state index >= 15 is 0 Å². The number of anilines is 1. The molecular formula is C22H24N2O5S. The van der Waals surface area contributed by atoms with Crippen LogP contribution < -0.4 is 14.8 Å². The minimum atomic E-state index is -0.473. The summed E-state index contributed by atoms with van der Waals surface area (Å²) in [6, 6.07) is 16.5. The number of ether oxygens (including phenoxy) is 3. The van der Waals surface area contributed by atoms with Crippen molar-refractivity contribution in [2.45, 2.75) is 24.7 Å². The highest BCUT2D eigenvalue weighted by atomic mass is 32.2. The summed E-state index contributed by atoms with van der Waals surface area (Å²) in [7, 11) is 0. The number of benzene rings is 2. The van der Waals surface area contributed by atoms with E-state index in [1.807, 2.05) is 43.3 Å². The minimum absolute atomic E-state index is 0.138. The number of rotatable bonds is 12. The van der Waals surface area contributed by atoms with Crippen molar-refractivity contribution in [1.29, 1.82) is 5.26 Å². The number of carbonyl (C=O) groups is 2. The second kappa shape index (κ2) is 13.1. The summed E-state index contributed by atoms with van der Waals surface area (Å²) in [4.78, 5) is 24.7. The first-order valence-electron chi connectivity index (χ1n) is 9.53. The second-order valence-corrected chi connectivity index (χ2v) is 7.00. The first-order chi connectivity index (χ1) is 14.6. The molecule has 7 nitrogen and oxygen atoms in total. The molecular weight excluding hydrogens is 404 g/mol.